The number of methoxy groups -OCH3 is 4. The summed E-state index contributed by atoms with van der Waals surface area (Å²) in [6, 6.07) is 26.0. The van der Waals surface area contributed by atoms with Gasteiger partial charge in [0.05, 0.1) is 98.4 Å². The molecule has 13 rings (SSSR count). The molecule has 4 atom stereocenters. The Morgan fingerprint density at radius 3 is 0.845 bits per heavy atom. The highest BCUT2D eigenvalue weighted by Gasteiger charge is 2.48. The SMILES string of the molecule is COC(=O)c1ccc(Oc2cc3c4c(cc(Oc5ccc(C(=O)OC)cc5)c5c6c(Oc7ccc(C(=O)OC)cc7)cc7c8c(cc(Oc9ccc(C(=O)OC)cc9)c(c2c45)c86)C(=O)N(C(CC(C)C)C(=O)N(CCC(=O)NCC2CO2)CC(C)C)C7=O)C(=O)N(C(CC(C)C)C(=O)N(CCC(=O)NCC2CO2)CC(C)C)C3=O)cc1. The average Bonchev–Trinajstić information content (AvgIpc) is 0.754. The van der Waals surface area contributed by atoms with Crippen LogP contribution in [0.4, 0.5) is 0 Å². The summed E-state index contributed by atoms with van der Waals surface area (Å²) in [6.07, 6.45) is -0.618. The molecule has 28 heteroatoms. The van der Waals surface area contributed by atoms with Crippen LogP contribution in [0.1, 0.15) is 164 Å². The highest BCUT2D eigenvalue weighted by Crippen LogP contribution is 2.58. The van der Waals surface area contributed by atoms with Crippen LogP contribution in [0.15, 0.2) is 121 Å². The van der Waals surface area contributed by atoms with Crippen molar-refractivity contribution in [3.8, 4) is 46.0 Å². The van der Waals surface area contributed by atoms with Gasteiger partial charge in [-0.1, -0.05) is 55.4 Å². The molecular weight excluding hydrogens is 1490 g/mol. The molecule has 116 heavy (non-hydrogen) atoms. The van der Waals surface area contributed by atoms with Crippen molar-refractivity contribution in [2.24, 2.45) is 23.7 Å². The van der Waals surface area contributed by atoms with Crippen LogP contribution >= 0.6 is 0 Å². The number of imide groups is 2. The Bertz CT molecular complexity index is 4820. The Morgan fingerprint density at radius 2 is 0.629 bits per heavy atom. The normalized spacial score (nSPS) is 15.3. The molecule has 9 aromatic carbocycles. The van der Waals surface area contributed by atoms with Crippen LogP contribution in [0.25, 0.3) is 43.1 Å². The minimum Gasteiger partial charge on any atom is -0.465 e. The van der Waals surface area contributed by atoms with Gasteiger partial charge in [0, 0.05) is 95.2 Å². The molecule has 8 amide bonds. The fraction of sp³-hybridized carbons (Fsp3) is 0.364. The van der Waals surface area contributed by atoms with Crippen molar-refractivity contribution in [3.63, 3.8) is 0 Å². The van der Waals surface area contributed by atoms with Crippen LogP contribution in [0.5, 0.6) is 46.0 Å². The minimum atomic E-state index is -1.52. The Morgan fingerprint density at radius 1 is 0.379 bits per heavy atom. The fourth-order valence-electron chi connectivity index (χ4n) is 14.9. The van der Waals surface area contributed by atoms with Crippen LogP contribution in [0.2, 0.25) is 0 Å². The molecule has 2 fully saturated rings. The lowest BCUT2D eigenvalue weighted by Gasteiger charge is -2.38. The van der Waals surface area contributed by atoms with Crippen molar-refractivity contribution in [1.29, 1.82) is 0 Å². The molecule has 0 radical (unpaired) electrons. The Hall–Kier alpha value is -12.6. The largest absolute Gasteiger partial charge is 0.465 e. The highest BCUT2D eigenvalue weighted by molar-refractivity contribution is 6.45. The molecule has 0 bridgehead atoms. The third kappa shape index (κ3) is 17.0. The molecule has 28 nitrogen and oxygen atoms in total. The molecule has 4 heterocycles. The average molecular weight is 1580 g/mol. The third-order valence-corrected chi connectivity index (χ3v) is 20.4. The maximum absolute atomic E-state index is 16.7. The highest BCUT2D eigenvalue weighted by atomic mass is 16.6. The van der Waals surface area contributed by atoms with Gasteiger partial charge in [-0.15, -0.1) is 0 Å². The van der Waals surface area contributed by atoms with E-state index in [-0.39, 0.29) is 246 Å². The monoisotopic (exact) mass is 1580 g/mol. The maximum Gasteiger partial charge on any atom is 0.337 e. The number of esters is 4. The zero-order chi connectivity index (χ0) is 82.8. The molecule has 0 saturated carbocycles. The number of ether oxygens (including phenoxy) is 10. The van der Waals surface area contributed by atoms with E-state index in [9.17, 15) is 28.8 Å². The molecule has 4 aliphatic rings. The number of hydrogen-bond acceptors (Lipinski definition) is 22. The molecule has 9 aromatic rings. The molecule has 0 spiro atoms. The number of hydrogen-bond donors (Lipinski definition) is 2. The molecule has 604 valence electrons. The second kappa shape index (κ2) is 34.2. The van der Waals surface area contributed by atoms with Crippen molar-refractivity contribution >= 4 is 114 Å². The zero-order valence-corrected chi connectivity index (χ0v) is 66.4. The molecular formula is C88H90N6O22. The van der Waals surface area contributed by atoms with Gasteiger partial charge in [-0.05, 0) is 158 Å². The second-order valence-electron chi connectivity index (χ2n) is 30.8. The van der Waals surface area contributed by atoms with Gasteiger partial charge < -0.3 is 67.8 Å². The Balaban J connectivity index is 1.15. The number of carbonyl (C=O) groups is 12. The number of rotatable bonds is 34. The number of nitrogens with zero attached hydrogens (tertiary/aromatic N) is 4. The number of nitrogens with one attached hydrogen (secondary N) is 2. The predicted octanol–water partition coefficient (Wildman–Crippen LogP) is 12.9. The number of carbonyl (C=O) groups excluding carboxylic acids is 12. The summed E-state index contributed by atoms with van der Waals surface area (Å²) in [5.74, 6) is -9.99. The Labute approximate surface area is 668 Å². The van der Waals surface area contributed by atoms with Crippen molar-refractivity contribution < 1.29 is 105 Å². The van der Waals surface area contributed by atoms with Gasteiger partial charge in [0.15, 0.2) is 0 Å². The van der Waals surface area contributed by atoms with E-state index in [0.29, 0.717) is 13.2 Å². The first-order chi connectivity index (χ1) is 55.6. The molecule has 0 aliphatic carbocycles. The zero-order valence-electron chi connectivity index (χ0n) is 66.4. The smallest absolute Gasteiger partial charge is 0.337 e. The maximum atomic E-state index is 16.7. The van der Waals surface area contributed by atoms with Gasteiger partial charge in [-0.2, -0.15) is 0 Å². The Kier molecular flexibility index (Phi) is 24.0. The summed E-state index contributed by atoms with van der Waals surface area (Å²) in [6.45, 7) is 16.5. The van der Waals surface area contributed by atoms with Crippen LogP contribution in [-0.4, -0.2) is 196 Å². The topological polar surface area (TPSA) is 341 Å². The number of fused-ring (bicyclic) bond motifs is 2. The molecule has 2 saturated heterocycles. The van der Waals surface area contributed by atoms with Crippen molar-refractivity contribution in [3.05, 3.63) is 166 Å². The van der Waals surface area contributed by atoms with E-state index in [4.69, 9.17) is 47.4 Å². The van der Waals surface area contributed by atoms with Crippen LogP contribution in [0, 0.1) is 23.7 Å². The fourth-order valence-corrected chi connectivity index (χ4v) is 14.9. The van der Waals surface area contributed by atoms with Crippen molar-refractivity contribution in [2.45, 2.75) is 105 Å². The van der Waals surface area contributed by atoms with Gasteiger partial charge in [0.25, 0.3) is 23.6 Å². The van der Waals surface area contributed by atoms with E-state index in [1.165, 1.54) is 160 Å². The lowest BCUT2D eigenvalue weighted by Crippen LogP contribution is -2.56. The standard InChI is InChI=1S/C88H90N6O22/c1-45(2)33-63(83(101)91(41-47(5)6)31-29-69(95)89-39-57-43-111-57)93-79(97)59-35-65(113-53-21-13-49(14-22-53)85(103)107-9)73-75-67(115-55-25-17-51(18-26-55)87(105)109-11)37-61-72-62(82(100)94(81(61)99)64(34-46(3)4)84(102)92(42-48(7)8)32-30-70(96)90-40-58-44-112-58)38-68(116-56-27-19-52(20-28-56)88(106)110-12)76(78(72)75)74-66(36-60(80(93)98)71(59)77(73)74)114-54-23-15-50(16-24-54)86(104)108-10/h13-28,35-38,45-48,57-58,63-64H,29-34,39-44H2,1-12H3,(H,89,95)(H,90,96). The van der Waals surface area contributed by atoms with Crippen molar-refractivity contribution in [1.82, 2.24) is 30.2 Å². The molecule has 4 aliphatic heterocycles. The minimum absolute atomic E-state index is 0.0244. The first kappa shape index (κ1) is 81.5. The molecule has 0 aromatic heterocycles. The van der Waals surface area contributed by atoms with E-state index < -0.39 is 71.4 Å². The first-order valence-corrected chi connectivity index (χ1v) is 38.5. The van der Waals surface area contributed by atoms with Gasteiger partial charge >= 0.3 is 23.9 Å². The van der Waals surface area contributed by atoms with Gasteiger partial charge in [0.1, 0.15) is 58.1 Å². The summed E-state index contributed by atoms with van der Waals surface area (Å²) in [5.41, 5.74) is -0.260. The van der Waals surface area contributed by atoms with Crippen LogP contribution in [0.3, 0.4) is 0 Å². The van der Waals surface area contributed by atoms with E-state index in [0.717, 1.165) is 9.80 Å². The summed E-state index contributed by atoms with van der Waals surface area (Å²) < 4.78 is 59.6. The van der Waals surface area contributed by atoms with E-state index >= 15 is 28.8 Å². The summed E-state index contributed by atoms with van der Waals surface area (Å²) in [7, 11) is 4.88. The molecule has 2 N–H and O–H groups in total. The van der Waals surface area contributed by atoms with Gasteiger partial charge in [-0.3, -0.25) is 48.2 Å². The molecule has 4 unspecified atom stereocenters. The number of epoxide rings is 2. The van der Waals surface area contributed by atoms with Gasteiger partial charge in [0.2, 0.25) is 23.6 Å². The quantitative estimate of drug-likeness (QED) is 0.00944. The van der Waals surface area contributed by atoms with E-state index in [2.05, 4.69) is 10.6 Å². The van der Waals surface area contributed by atoms with Crippen LogP contribution < -0.4 is 29.6 Å². The number of amides is 8. The van der Waals surface area contributed by atoms with Crippen LogP contribution in [-0.2, 0) is 47.6 Å². The lowest BCUT2D eigenvalue weighted by molar-refractivity contribution is -0.138. The lowest BCUT2D eigenvalue weighted by atomic mass is 9.80. The predicted molar refractivity (Wildman–Crippen MR) is 424 cm³/mol. The first-order valence-electron chi connectivity index (χ1n) is 38.5. The summed E-state index contributed by atoms with van der Waals surface area (Å²) >= 11 is 0. The van der Waals surface area contributed by atoms with E-state index in [1.54, 1.807) is 0 Å². The third-order valence-electron chi connectivity index (χ3n) is 20.4. The number of benzene rings is 9. The second-order valence-corrected chi connectivity index (χ2v) is 30.8. The summed E-state index contributed by atoms with van der Waals surface area (Å²) in [4.78, 5) is 183. The van der Waals surface area contributed by atoms with Crippen molar-refractivity contribution in [2.75, 3.05) is 80.9 Å². The summed E-state index contributed by atoms with van der Waals surface area (Å²) in [5, 5.41) is 5.85. The van der Waals surface area contributed by atoms with E-state index in [1.807, 2.05) is 55.4 Å². The van der Waals surface area contributed by atoms with Gasteiger partial charge in [-0.25, -0.2) is 19.2 Å².